The molecule has 1 heterocycles. The number of aromatic nitrogens is 1. The standard InChI is InChI=1S/C15H20N2O2S/c1-3-9-16(10-4-2)14(18)11-17-12-7-5-6-8-13(12)20-15(17)19/h5-8H,3-4,9-11H2,1-2H3. The molecule has 0 aliphatic heterocycles. The Morgan fingerprint density at radius 1 is 1.20 bits per heavy atom. The van der Waals surface area contributed by atoms with Crippen molar-refractivity contribution in [1.29, 1.82) is 0 Å². The summed E-state index contributed by atoms with van der Waals surface area (Å²) in [5, 5.41) is 0. The predicted molar refractivity (Wildman–Crippen MR) is 83.2 cm³/mol. The molecule has 0 saturated carbocycles. The van der Waals surface area contributed by atoms with E-state index in [-0.39, 0.29) is 17.3 Å². The molecule has 108 valence electrons. The largest absolute Gasteiger partial charge is 0.341 e. The summed E-state index contributed by atoms with van der Waals surface area (Å²) >= 11 is 1.20. The number of nitrogens with zero attached hydrogens (tertiary/aromatic N) is 2. The third-order valence-electron chi connectivity index (χ3n) is 3.21. The maximum atomic E-state index is 12.4. The van der Waals surface area contributed by atoms with Crippen molar-refractivity contribution < 1.29 is 4.79 Å². The molecular weight excluding hydrogens is 272 g/mol. The molecule has 0 saturated heterocycles. The van der Waals surface area contributed by atoms with Crippen molar-refractivity contribution in [2.24, 2.45) is 0 Å². The van der Waals surface area contributed by atoms with E-state index in [1.807, 2.05) is 29.2 Å². The second-order valence-corrected chi connectivity index (χ2v) is 5.80. The lowest BCUT2D eigenvalue weighted by molar-refractivity contribution is -0.131. The fourth-order valence-corrected chi connectivity index (χ4v) is 3.19. The van der Waals surface area contributed by atoms with Crippen LogP contribution in [0.2, 0.25) is 0 Å². The smallest absolute Gasteiger partial charge is 0.308 e. The van der Waals surface area contributed by atoms with Crippen LogP contribution in [0.3, 0.4) is 0 Å². The van der Waals surface area contributed by atoms with Crippen LogP contribution in [0.25, 0.3) is 10.2 Å². The lowest BCUT2D eigenvalue weighted by Gasteiger charge is -2.21. The summed E-state index contributed by atoms with van der Waals surface area (Å²) in [6.45, 7) is 5.76. The van der Waals surface area contributed by atoms with E-state index in [4.69, 9.17) is 0 Å². The van der Waals surface area contributed by atoms with Crippen molar-refractivity contribution in [3.63, 3.8) is 0 Å². The summed E-state index contributed by atoms with van der Waals surface area (Å²) in [7, 11) is 0. The number of carbonyl (C=O) groups is 1. The fraction of sp³-hybridized carbons (Fsp3) is 0.467. The molecule has 1 aromatic heterocycles. The van der Waals surface area contributed by atoms with Crippen molar-refractivity contribution in [1.82, 2.24) is 9.47 Å². The molecule has 0 bridgehead atoms. The fourth-order valence-electron chi connectivity index (χ4n) is 2.30. The lowest BCUT2D eigenvalue weighted by atomic mass is 10.3. The molecule has 1 aromatic carbocycles. The molecular formula is C15H20N2O2S. The molecule has 0 aliphatic carbocycles. The van der Waals surface area contributed by atoms with Gasteiger partial charge in [-0.2, -0.15) is 0 Å². The van der Waals surface area contributed by atoms with Gasteiger partial charge in [0.1, 0.15) is 6.54 Å². The first-order valence-corrected chi connectivity index (χ1v) is 7.85. The molecule has 1 amide bonds. The number of thiazole rings is 1. The Hall–Kier alpha value is -1.62. The highest BCUT2D eigenvalue weighted by Crippen LogP contribution is 2.16. The first-order chi connectivity index (χ1) is 9.67. The van der Waals surface area contributed by atoms with Gasteiger partial charge in [-0.1, -0.05) is 37.3 Å². The Morgan fingerprint density at radius 2 is 1.85 bits per heavy atom. The number of amides is 1. The first kappa shape index (κ1) is 14.8. The van der Waals surface area contributed by atoms with Crippen molar-refractivity contribution in [3.8, 4) is 0 Å². The van der Waals surface area contributed by atoms with Crippen LogP contribution in [-0.4, -0.2) is 28.5 Å². The summed E-state index contributed by atoms with van der Waals surface area (Å²) in [6.07, 6.45) is 1.87. The van der Waals surface area contributed by atoms with Crippen LogP contribution in [0.1, 0.15) is 26.7 Å². The Bertz CT molecular complexity index is 639. The van der Waals surface area contributed by atoms with Gasteiger partial charge in [-0.3, -0.25) is 14.2 Å². The minimum atomic E-state index is -0.0625. The second-order valence-electron chi connectivity index (χ2n) is 4.80. The van der Waals surface area contributed by atoms with Gasteiger partial charge in [-0.05, 0) is 25.0 Å². The average Bonchev–Trinajstić information content (AvgIpc) is 2.75. The quantitative estimate of drug-likeness (QED) is 0.821. The van der Waals surface area contributed by atoms with Crippen LogP contribution in [0.5, 0.6) is 0 Å². The third kappa shape index (κ3) is 3.10. The lowest BCUT2D eigenvalue weighted by Crippen LogP contribution is -2.36. The molecule has 4 nitrogen and oxygen atoms in total. The molecule has 0 radical (unpaired) electrons. The van der Waals surface area contributed by atoms with Crippen molar-refractivity contribution in [3.05, 3.63) is 33.9 Å². The Morgan fingerprint density at radius 3 is 2.50 bits per heavy atom. The minimum absolute atomic E-state index is 0.0272. The normalized spacial score (nSPS) is 10.9. The number of para-hydroxylation sites is 1. The van der Waals surface area contributed by atoms with Gasteiger partial charge in [0.2, 0.25) is 5.91 Å². The summed E-state index contributed by atoms with van der Waals surface area (Å²) in [4.78, 5) is 26.2. The van der Waals surface area contributed by atoms with E-state index < -0.39 is 0 Å². The number of carbonyl (C=O) groups excluding carboxylic acids is 1. The summed E-state index contributed by atoms with van der Waals surface area (Å²) in [6, 6.07) is 7.61. The molecule has 0 unspecified atom stereocenters. The van der Waals surface area contributed by atoms with E-state index in [2.05, 4.69) is 13.8 Å². The summed E-state index contributed by atoms with van der Waals surface area (Å²) in [5.74, 6) is 0.0272. The molecule has 2 rings (SSSR count). The molecule has 5 heteroatoms. The van der Waals surface area contributed by atoms with Gasteiger partial charge in [0.15, 0.2) is 0 Å². The molecule has 0 aliphatic rings. The zero-order valence-corrected chi connectivity index (χ0v) is 12.8. The van der Waals surface area contributed by atoms with E-state index in [1.54, 1.807) is 4.57 Å². The number of rotatable bonds is 6. The number of hydrogen-bond acceptors (Lipinski definition) is 3. The summed E-state index contributed by atoms with van der Waals surface area (Å²) in [5.41, 5.74) is 0.851. The van der Waals surface area contributed by atoms with Crippen LogP contribution in [0.15, 0.2) is 29.1 Å². The highest BCUT2D eigenvalue weighted by molar-refractivity contribution is 7.16. The number of hydrogen-bond donors (Lipinski definition) is 0. The zero-order valence-electron chi connectivity index (χ0n) is 12.0. The number of fused-ring (bicyclic) bond motifs is 1. The highest BCUT2D eigenvalue weighted by Gasteiger charge is 2.15. The molecule has 2 aromatic rings. The molecule has 0 atom stereocenters. The van der Waals surface area contributed by atoms with E-state index in [0.717, 1.165) is 36.1 Å². The molecule has 0 spiro atoms. The Balaban J connectivity index is 2.24. The summed E-state index contributed by atoms with van der Waals surface area (Å²) < 4.78 is 2.52. The van der Waals surface area contributed by atoms with E-state index in [9.17, 15) is 9.59 Å². The van der Waals surface area contributed by atoms with Crippen LogP contribution >= 0.6 is 11.3 Å². The first-order valence-electron chi connectivity index (χ1n) is 7.03. The highest BCUT2D eigenvalue weighted by atomic mass is 32.1. The van der Waals surface area contributed by atoms with Crippen LogP contribution < -0.4 is 4.87 Å². The Kier molecular flexibility index (Phi) is 4.95. The monoisotopic (exact) mass is 292 g/mol. The third-order valence-corrected chi connectivity index (χ3v) is 4.17. The van der Waals surface area contributed by atoms with Crippen molar-refractivity contribution in [2.45, 2.75) is 33.2 Å². The molecule has 0 fully saturated rings. The van der Waals surface area contributed by atoms with Crippen molar-refractivity contribution in [2.75, 3.05) is 13.1 Å². The Labute approximate surface area is 122 Å². The second kappa shape index (κ2) is 6.70. The SMILES string of the molecule is CCCN(CCC)C(=O)Cn1c(=O)sc2ccccc21. The van der Waals surface area contributed by atoms with Gasteiger partial charge in [0, 0.05) is 13.1 Å². The van der Waals surface area contributed by atoms with E-state index >= 15 is 0 Å². The van der Waals surface area contributed by atoms with Gasteiger partial charge in [-0.15, -0.1) is 0 Å². The molecule has 20 heavy (non-hydrogen) atoms. The van der Waals surface area contributed by atoms with Crippen LogP contribution in [-0.2, 0) is 11.3 Å². The zero-order chi connectivity index (χ0) is 14.5. The van der Waals surface area contributed by atoms with Gasteiger partial charge in [0.05, 0.1) is 10.2 Å². The number of benzene rings is 1. The molecule has 0 N–H and O–H groups in total. The van der Waals surface area contributed by atoms with E-state index in [1.165, 1.54) is 11.3 Å². The van der Waals surface area contributed by atoms with Gasteiger partial charge in [-0.25, -0.2) is 0 Å². The van der Waals surface area contributed by atoms with Gasteiger partial charge < -0.3 is 4.90 Å². The minimum Gasteiger partial charge on any atom is -0.341 e. The van der Waals surface area contributed by atoms with Crippen LogP contribution in [0, 0.1) is 0 Å². The maximum Gasteiger partial charge on any atom is 0.308 e. The topological polar surface area (TPSA) is 42.3 Å². The van der Waals surface area contributed by atoms with Gasteiger partial charge >= 0.3 is 4.87 Å². The average molecular weight is 292 g/mol. The van der Waals surface area contributed by atoms with Crippen molar-refractivity contribution >= 4 is 27.5 Å². The predicted octanol–water partition coefficient (Wildman–Crippen LogP) is 2.71. The van der Waals surface area contributed by atoms with Gasteiger partial charge in [0.25, 0.3) is 0 Å². The van der Waals surface area contributed by atoms with Crippen LogP contribution in [0.4, 0.5) is 0 Å². The maximum absolute atomic E-state index is 12.4. The van der Waals surface area contributed by atoms with E-state index in [0.29, 0.717) is 0 Å².